The molecule has 70 valence electrons. The molecule has 0 saturated heterocycles. The summed E-state index contributed by atoms with van der Waals surface area (Å²) in [6, 6.07) is 9.64. The zero-order valence-electron chi connectivity index (χ0n) is 8.18. The SMILES string of the molecule is CCC(C)c1ccccc1C[Si]Cl. The first-order chi connectivity index (χ1) is 6.29. The lowest BCUT2D eigenvalue weighted by Crippen LogP contribution is -2.00. The zero-order valence-corrected chi connectivity index (χ0v) is 9.93. The molecule has 0 N–H and O–H groups in total. The fourth-order valence-corrected chi connectivity index (χ4v) is 2.37. The quantitative estimate of drug-likeness (QED) is 0.527. The lowest BCUT2D eigenvalue weighted by Gasteiger charge is -2.13. The summed E-state index contributed by atoms with van der Waals surface area (Å²) in [6.45, 7) is 4.50. The van der Waals surface area contributed by atoms with Crippen LogP contribution in [0.5, 0.6) is 0 Å². The largest absolute Gasteiger partial charge is 0.176 e. The molecule has 0 bridgehead atoms. The third-order valence-corrected chi connectivity index (χ3v) is 3.37. The van der Waals surface area contributed by atoms with Gasteiger partial charge in [0.15, 0.2) is 8.83 Å². The van der Waals surface area contributed by atoms with Crippen LogP contribution in [0.2, 0.25) is 0 Å². The van der Waals surface area contributed by atoms with E-state index in [1.165, 1.54) is 17.5 Å². The molecule has 0 nitrogen and oxygen atoms in total. The molecule has 1 aromatic rings. The summed E-state index contributed by atoms with van der Waals surface area (Å²) in [5.41, 5.74) is 2.89. The molecule has 0 spiro atoms. The summed E-state index contributed by atoms with van der Waals surface area (Å²) >= 11 is 5.78. The number of hydrogen-bond donors (Lipinski definition) is 0. The van der Waals surface area contributed by atoms with Gasteiger partial charge in [-0.15, -0.1) is 0 Å². The molecule has 1 unspecified atom stereocenters. The molecule has 0 heterocycles. The van der Waals surface area contributed by atoms with Crippen LogP contribution in [0, 0.1) is 0 Å². The van der Waals surface area contributed by atoms with E-state index in [1.807, 2.05) is 0 Å². The Kier molecular flexibility index (Phi) is 4.53. The van der Waals surface area contributed by atoms with Crippen LogP contribution in [0.25, 0.3) is 0 Å². The van der Waals surface area contributed by atoms with E-state index in [9.17, 15) is 0 Å². The summed E-state index contributed by atoms with van der Waals surface area (Å²) in [5.74, 6) is 0.657. The summed E-state index contributed by atoms with van der Waals surface area (Å²) in [4.78, 5) is 0. The van der Waals surface area contributed by atoms with E-state index in [0.717, 1.165) is 6.04 Å². The molecule has 0 saturated carbocycles. The van der Waals surface area contributed by atoms with Crippen molar-refractivity contribution in [2.45, 2.75) is 32.2 Å². The fourth-order valence-electron chi connectivity index (χ4n) is 1.47. The van der Waals surface area contributed by atoms with Gasteiger partial charge in [-0.1, -0.05) is 38.1 Å². The molecule has 1 rings (SSSR count). The van der Waals surface area contributed by atoms with Crippen molar-refractivity contribution in [3.8, 4) is 0 Å². The Hall–Kier alpha value is -0.273. The average Bonchev–Trinajstić information content (AvgIpc) is 2.18. The van der Waals surface area contributed by atoms with E-state index >= 15 is 0 Å². The van der Waals surface area contributed by atoms with Crippen LogP contribution in [0.4, 0.5) is 0 Å². The van der Waals surface area contributed by atoms with Gasteiger partial charge in [0.05, 0.1) is 0 Å². The Bertz CT molecular complexity index is 260. The second-order valence-corrected chi connectivity index (χ2v) is 4.74. The fraction of sp³-hybridized carbons (Fsp3) is 0.455. The van der Waals surface area contributed by atoms with Crippen LogP contribution in [0.15, 0.2) is 24.3 Å². The van der Waals surface area contributed by atoms with E-state index in [0.29, 0.717) is 14.7 Å². The summed E-state index contributed by atoms with van der Waals surface area (Å²) in [7, 11) is 0.498. The first-order valence-corrected chi connectivity index (χ1v) is 6.92. The van der Waals surface area contributed by atoms with Crippen LogP contribution in [-0.2, 0) is 6.04 Å². The van der Waals surface area contributed by atoms with Gasteiger partial charge < -0.3 is 0 Å². The van der Waals surface area contributed by atoms with Gasteiger partial charge in [0.2, 0.25) is 0 Å². The van der Waals surface area contributed by atoms with Gasteiger partial charge in [0, 0.05) is 0 Å². The minimum atomic E-state index is 0.498. The Balaban J connectivity index is 2.90. The van der Waals surface area contributed by atoms with Crippen molar-refractivity contribution in [2.24, 2.45) is 0 Å². The maximum Gasteiger partial charge on any atom is 0.176 e. The maximum absolute atomic E-state index is 5.78. The Morgan fingerprint density at radius 2 is 2.08 bits per heavy atom. The summed E-state index contributed by atoms with van der Waals surface area (Å²) in [6.07, 6.45) is 1.20. The maximum atomic E-state index is 5.78. The lowest BCUT2D eigenvalue weighted by atomic mass is 9.94. The van der Waals surface area contributed by atoms with E-state index < -0.39 is 0 Å². The van der Waals surface area contributed by atoms with Crippen molar-refractivity contribution in [1.29, 1.82) is 0 Å². The van der Waals surface area contributed by atoms with Crippen molar-refractivity contribution >= 4 is 19.9 Å². The molecule has 1 aromatic carbocycles. The number of halogens is 1. The van der Waals surface area contributed by atoms with Crippen LogP contribution >= 0.6 is 11.1 Å². The Labute approximate surface area is 87.8 Å². The zero-order chi connectivity index (χ0) is 9.68. The van der Waals surface area contributed by atoms with Gasteiger partial charge in [-0.25, -0.2) is 0 Å². The van der Waals surface area contributed by atoms with E-state index in [1.54, 1.807) is 0 Å². The van der Waals surface area contributed by atoms with Crippen molar-refractivity contribution in [1.82, 2.24) is 0 Å². The molecule has 1 atom stereocenters. The minimum Gasteiger partial charge on any atom is -0.171 e. The Morgan fingerprint density at radius 3 is 2.69 bits per heavy atom. The second kappa shape index (κ2) is 5.46. The van der Waals surface area contributed by atoms with Crippen molar-refractivity contribution in [2.75, 3.05) is 0 Å². The first kappa shape index (κ1) is 10.8. The molecule has 0 aliphatic heterocycles. The lowest BCUT2D eigenvalue weighted by molar-refractivity contribution is 0.727. The van der Waals surface area contributed by atoms with Crippen LogP contribution in [0.3, 0.4) is 0 Å². The molecule has 0 amide bonds. The normalized spacial score (nSPS) is 12.8. The third-order valence-electron chi connectivity index (χ3n) is 2.46. The van der Waals surface area contributed by atoms with Gasteiger partial charge in [-0.05, 0) is 29.5 Å². The smallest absolute Gasteiger partial charge is 0.171 e. The molecule has 0 fully saturated rings. The van der Waals surface area contributed by atoms with Crippen LogP contribution in [-0.4, -0.2) is 8.83 Å². The number of hydrogen-bond acceptors (Lipinski definition) is 0. The van der Waals surface area contributed by atoms with E-state index in [2.05, 4.69) is 38.1 Å². The summed E-state index contributed by atoms with van der Waals surface area (Å²) in [5, 5.41) is 0. The highest BCUT2D eigenvalue weighted by molar-refractivity contribution is 6.93. The molecule has 0 aliphatic rings. The van der Waals surface area contributed by atoms with E-state index in [4.69, 9.17) is 11.1 Å². The Morgan fingerprint density at radius 1 is 1.38 bits per heavy atom. The molecular weight excluding hydrogens is 196 g/mol. The van der Waals surface area contributed by atoms with Gasteiger partial charge in [-0.2, -0.15) is 11.1 Å². The third kappa shape index (κ3) is 2.85. The highest BCUT2D eigenvalue weighted by Gasteiger charge is 2.07. The molecule has 0 aromatic heterocycles. The molecule has 2 heteroatoms. The highest BCUT2D eigenvalue weighted by Crippen LogP contribution is 2.22. The van der Waals surface area contributed by atoms with Crippen molar-refractivity contribution in [3.05, 3.63) is 35.4 Å². The molecular formula is C11H15ClSi. The monoisotopic (exact) mass is 210 g/mol. The van der Waals surface area contributed by atoms with Gasteiger partial charge in [-0.3, -0.25) is 0 Å². The van der Waals surface area contributed by atoms with Gasteiger partial charge in [0.1, 0.15) is 0 Å². The minimum absolute atomic E-state index is 0.498. The molecule has 13 heavy (non-hydrogen) atoms. The second-order valence-electron chi connectivity index (χ2n) is 3.32. The van der Waals surface area contributed by atoms with Gasteiger partial charge in [0.25, 0.3) is 0 Å². The first-order valence-electron chi connectivity index (χ1n) is 4.70. The molecule has 0 aliphatic carbocycles. The average molecular weight is 211 g/mol. The van der Waals surface area contributed by atoms with Crippen LogP contribution in [0.1, 0.15) is 37.3 Å². The van der Waals surface area contributed by atoms with Gasteiger partial charge >= 0.3 is 0 Å². The van der Waals surface area contributed by atoms with Crippen molar-refractivity contribution < 1.29 is 0 Å². The topological polar surface area (TPSA) is 0 Å². The standard InChI is InChI=1S/C11H15ClSi/c1-3-9(2)11-7-5-4-6-10(11)8-13-12/h4-7,9H,3,8H2,1-2H3. The molecule has 2 radical (unpaired) electrons. The van der Waals surface area contributed by atoms with Crippen LogP contribution < -0.4 is 0 Å². The number of benzene rings is 1. The highest BCUT2D eigenvalue weighted by atomic mass is 35.6. The van der Waals surface area contributed by atoms with E-state index in [-0.39, 0.29) is 0 Å². The van der Waals surface area contributed by atoms with Crippen molar-refractivity contribution in [3.63, 3.8) is 0 Å². The summed E-state index contributed by atoms with van der Waals surface area (Å²) < 4.78 is 0. The predicted octanol–water partition coefficient (Wildman–Crippen LogP) is 3.56. The predicted molar refractivity (Wildman–Crippen MR) is 60.5 cm³/mol. The number of rotatable bonds is 4.